The molecule has 16 heavy (non-hydrogen) atoms. The van der Waals surface area contributed by atoms with E-state index in [1.54, 1.807) is 20.0 Å². The topological polar surface area (TPSA) is 73.8 Å². The summed E-state index contributed by atoms with van der Waals surface area (Å²) in [7, 11) is 0. The van der Waals surface area contributed by atoms with Crippen LogP contribution >= 0.6 is 22.6 Å². The number of aryl methyl sites for hydroxylation is 2. The molecule has 2 aromatic heterocycles. The van der Waals surface area contributed by atoms with Crippen molar-refractivity contribution in [1.29, 1.82) is 0 Å². The maximum atomic E-state index is 11.8. The average molecular weight is 332 g/mol. The summed E-state index contributed by atoms with van der Waals surface area (Å²) in [5.74, 6) is 1.59. The SMILES string of the molecule is Cc1noc(Cn2c(C)ncc(I)c2=O)n1. The van der Waals surface area contributed by atoms with E-state index in [2.05, 4.69) is 15.1 Å². The van der Waals surface area contributed by atoms with E-state index in [9.17, 15) is 4.79 Å². The zero-order chi connectivity index (χ0) is 11.7. The molecule has 0 fully saturated rings. The second kappa shape index (κ2) is 4.32. The maximum absolute atomic E-state index is 11.8. The Labute approximate surface area is 105 Å². The van der Waals surface area contributed by atoms with E-state index in [0.717, 1.165) is 0 Å². The summed E-state index contributed by atoms with van der Waals surface area (Å²) in [6, 6.07) is 0. The van der Waals surface area contributed by atoms with Gasteiger partial charge in [-0.15, -0.1) is 0 Å². The molecule has 0 radical (unpaired) electrons. The Hall–Kier alpha value is -1.25. The zero-order valence-corrected chi connectivity index (χ0v) is 10.9. The quantitative estimate of drug-likeness (QED) is 0.764. The highest BCUT2D eigenvalue weighted by atomic mass is 127. The fourth-order valence-corrected chi connectivity index (χ4v) is 1.71. The summed E-state index contributed by atoms with van der Waals surface area (Å²) in [4.78, 5) is 20.0. The molecule has 0 unspecified atom stereocenters. The Bertz CT molecular complexity index is 575. The van der Waals surface area contributed by atoms with E-state index >= 15 is 0 Å². The van der Waals surface area contributed by atoms with Crippen molar-refractivity contribution in [2.24, 2.45) is 0 Å². The van der Waals surface area contributed by atoms with Crippen LogP contribution in [-0.2, 0) is 6.54 Å². The van der Waals surface area contributed by atoms with E-state index in [-0.39, 0.29) is 12.1 Å². The molecule has 0 bridgehead atoms. The predicted octanol–water partition coefficient (Wildman–Crippen LogP) is 0.896. The van der Waals surface area contributed by atoms with Crippen LogP contribution < -0.4 is 5.56 Å². The number of aromatic nitrogens is 4. The summed E-state index contributed by atoms with van der Waals surface area (Å²) >= 11 is 1.95. The second-order valence-corrected chi connectivity index (χ2v) is 4.44. The molecule has 2 heterocycles. The fourth-order valence-electron chi connectivity index (χ4n) is 1.28. The number of nitrogens with zero attached hydrogens (tertiary/aromatic N) is 4. The van der Waals surface area contributed by atoms with E-state index in [1.807, 2.05) is 22.6 Å². The maximum Gasteiger partial charge on any atom is 0.267 e. The van der Waals surface area contributed by atoms with E-state index in [4.69, 9.17) is 4.52 Å². The van der Waals surface area contributed by atoms with Gasteiger partial charge in [0.05, 0.1) is 3.57 Å². The van der Waals surface area contributed by atoms with Crippen LogP contribution in [-0.4, -0.2) is 19.7 Å². The highest BCUT2D eigenvalue weighted by molar-refractivity contribution is 14.1. The molecule has 0 atom stereocenters. The van der Waals surface area contributed by atoms with Crippen LogP contribution in [0, 0.1) is 17.4 Å². The lowest BCUT2D eigenvalue weighted by Gasteiger charge is -2.05. The normalized spacial score (nSPS) is 10.7. The molecule has 0 amide bonds. The molecule has 0 aliphatic carbocycles. The van der Waals surface area contributed by atoms with Gasteiger partial charge in [-0.1, -0.05) is 5.16 Å². The zero-order valence-electron chi connectivity index (χ0n) is 8.77. The van der Waals surface area contributed by atoms with Crippen molar-refractivity contribution in [2.75, 3.05) is 0 Å². The molecular formula is C9H9IN4O2. The minimum Gasteiger partial charge on any atom is -0.337 e. The average Bonchev–Trinajstić information content (AvgIpc) is 2.65. The van der Waals surface area contributed by atoms with Gasteiger partial charge >= 0.3 is 0 Å². The third-order valence-electron chi connectivity index (χ3n) is 2.07. The van der Waals surface area contributed by atoms with Gasteiger partial charge in [0.1, 0.15) is 12.4 Å². The monoisotopic (exact) mass is 332 g/mol. The Morgan fingerprint density at radius 1 is 1.50 bits per heavy atom. The molecule has 0 saturated heterocycles. The van der Waals surface area contributed by atoms with Crippen LogP contribution in [0.15, 0.2) is 15.5 Å². The number of hydrogen-bond acceptors (Lipinski definition) is 5. The summed E-state index contributed by atoms with van der Waals surface area (Å²) in [5.41, 5.74) is -0.0936. The molecule has 84 valence electrons. The first-order valence-electron chi connectivity index (χ1n) is 4.59. The first kappa shape index (κ1) is 11.2. The molecule has 2 rings (SSSR count). The largest absolute Gasteiger partial charge is 0.337 e. The molecule has 2 aromatic rings. The van der Waals surface area contributed by atoms with Crippen LogP contribution in [0.2, 0.25) is 0 Å². The highest BCUT2D eigenvalue weighted by Crippen LogP contribution is 2.02. The van der Waals surface area contributed by atoms with Crippen LogP contribution in [0.1, 0.15) is 17.5 Å². The molecule has 0 saturated carbocycles. The van der Waals surface area contributed by atoms with Gasteiger partial charge in [0, 0.05) is 6.20 Å². The summed E-state index contributed by atoms with van der Waals surface area (Å²) < 4.78 is 7.04. The predicted molar refractivity (Wildman–Crippen MR) is 64.1 cm³/mol. The Morgan fingerprint density at radius 3 is 2.88 bits per heavy atom. The van der Waals surface area contributed by atoms with Gasteiger partial charge in [0.25, 0.3) is 5.56 Å². The van der Waals surface area contributed by atoms with Crippen molar-refractivity contribution in [3.63, 3.8) is 0 Å². The van der Waals surface area contributed by atoms with Crippen molar-refractivity contribution >= 4 is 22.6 Å². The molecule has 0 spiro atoms. The molecule has 0 aliphatic heterocycles. The van der Waals surface area contributed by atoms with Gasteiger partial charge in [0.15, 0.2) is 5.82 Å². The van der Waals surface area contributed by atoms with Gasteiger partial charge < -0.3 is 4.52 Å². The first-order chi connectivity index (χ1) is 7.58. The lowest BCUT2D eigenvalue weighted by molar-refractivity contribution is 0.364. The van der Waals surface area contributed by atoms with E-state index in [0.29, 0.717) is 21.1 Å². The van der Waals surface area contributed by atoms with Gasteiger partial charge in [0.2, 0.25) is 5.89 Å². The second-order valence-electron chi connectivity index (χ2n) is 3.28. The summed E-state index contributed by atoms with van der Waals surface area (Å²) in [6.07, 6.45) is 1.55. The number of rotatable bonds is 2. The van der Waals surface area contributed by atoms with Gasteiger partial charge in [-0.2, -0.15) is 4.98 Å². The standard InChI is InChI=1S/C9H9IN4O2/c1-5-12-8(16-13-5)4-14-6(2)11-3-7(10)9(14)15/h3H,4H2,1-2H3. The molecule has 0 N–H and O–H groups in total. The van der Waals surface area contributed by atoms with Crippen LogP contribution in [0.5, 0.6) is 0 Å². The number of halogens is 1. The molecule has 7 heteroatoms. The van der Waals surface area contributed by atoms with Crippen molar-refractivity contribution in [1.82, 2.24) is 19.7 Å². The Balaban J connectivity index is 2.42. The lowest BCUT2D eigenvalue weighted by atomic mass is 10.5. The lowest BCUT2D eigenvalue weighted by Crippen LogP contribution is -2.26. The third kappa shape index (κ3) is 2.13. The van der Waals surface area contributed by atoms with E-state index < -0.39 is 0 Å². The first-order valence-corrected chi connectivity index (χ1v) is 5.67. The smallest absolute Gasteiger partial charge is 0.267 e. The van der Waals surface area contributed by atoms with E-state index in [1.165, 1.54) is 4.57 Å². The van der Waals surface area contributed by atoms with Crippen LogP contribution in [0.3, 0.4) is 0 Å². The number of hydrogen-bond donors (Lipinski definition) is 0. The fraction of sp³-hybridized carbons (Fsp3) is 0.333. The molecular weight excluding hydrogens is 323 g/mol. The van der Waals surface area contributed by atoms with Gasteiger partial charge in [-0.3, -0.25) is 9.36 Å². The molecule has 0 aromatic carbocycles. The summed E-state index contributed by atoms with van der Waals surface area (Å²) in [5, 5.41) is 3.67. The minimum atomic E-state index is -0.0936. The van der Waals surface area contributed by atoms with Crippen molar-refractivity contribution < 1.29 is 4.52 Å². The van der Waals surface area contributed by atoms with Crippen LogP contribution in [0.25, 0.3) is 0 Å². The van der Waals surface area contributed by atoms with Crippen molar-refractivity contribution in [3.05, 3.63) is 37.7 Å². The van der Waals surface area contributed by atoms with Gasteiger partial charge in [-0.25, -0.2) is 4.98 Å². The highest BCUT2D eigenvalue weighted by Gasteiger charge is 2.09. The van der Waals surface area contributed by atoms with Crippen molar-refractivity contribution in [2.45, 2.75) is 20.4 Å². The molecule has 6 nitrogen and oxygen atoms in total. The van der Waals surface area contributed by atoms with Gasteiger partial charge in [-0.05, 0) is 36.4 Å². The Kier molecular flexibility index (Phi) is 3.03. The summed E-state index contributed by atoms with van der Waals surface area (Å²) in [6.45, 7) is 3.76. The van der Waals surface area contributed by atoms with Crippen LogP contribution in [0.4, 0.5) is 0 Å². The molecule has 0 aliphatic rings. The minimum absolute atomic E-state index is 0.0936. The third-order valence-corrected chi connectivity index (χ3v) is 2.81. The Morgan fingerprint density at radius 2 is 2.25 bits per heavy atom. The van der Waals surface area contributed by atoms with Crippen molar-refractivity contribution in [3.8, 4) is 0 Å².